The molecule has 0 amide bonds. The number of benzene rings is 1. The average molecular weight is 353 g/mol. The first-order valence-corrected chi connectivity index (χ1v) is 8.68. The molecule has 0 spiro atoms. The molecule has 0 aliphatic carbocycles. The average Bonchev–Trinajstić information content (AvgIpc) is 3.26. The Balaban J connectivity index is 1.64. The second-order valence-corrected chi connectivity index (χ2v) is 6.43. The van der Waals surface area contributed by atoms with Crippen LogP contribution in [0, 0.1) is 18.8 Å². The third-order valence-corrected chi connectivity index (χ3v) is 4.20. The highest BCUT2D eigenvalue weighted by molar-refractivity contribution is 5.78. The molecule has 132 valence electrons. The molecule has 5 nitrogen and oxygen atoms in total. The molecule has 0 unspecified atom stereocenters. The number of aromatic nitrogens is 5. The third kappa shape index (κ3) is 3.65. The summed E-state index contributed by atoms with van der Waals surface area (Å²) in [7, 11) is 3.83. The first kappa shape index (κ1) is 16.8. The molecule has 0 radical (unpaired) electrons. The summed E-state index contributed by atoms with van der Waals surface area (Å²) in [6, 6.07) is 16.0. The minimum atomic E-state index is 0.779. The molecule has 0 N–H and O–H groups in total. The fraction of sp³-hybridized carbons (Fsp3) is 0.136. The van der Waals surface area contributed by atoms with Crippen molar-refractivity contribution >= 4 is 0 Å². The summed E-state index contributed by atoms with van der Waals surface area (Å²) in [4.78, 5) is 4.41. The minimum absolute atomic E-state index is 0.779. The number of aryl methyl sites for hydroxylation is 3. The van der Waals surface area contributed by atoms with E-state index in [2.05, 4.69) is 27.0 Å². The van der Waals surface area contributed by atoms with E-state index >= 15 is 0 Å². The standard InChI is InChI=1S/C22H19N5/c1-16-5-4-6-19(23-16)12-9-17-7-10-18(11-8-17)22-20(15-27(3)25-22)21-13-14-26(2)24-21/h4-8,10-11,13-15H,1-3H3. The minimum Gasteiger partial charge on any atom is -0.275 e. The first-order chi connectivity index (χ1) is 13.1. The molecule has 0 atom stereocenters. The molecule has 1 aromatic carbocycles. The normalized spacial score (nSPS) is 10.5. The van der Waals surface area contributed by atoms with E-state index in [0.717, 1.165) is 39.5 Å². The molecule has 0 saturated heterocycles. The lowest BCUT2D eigenvalue weighted by Gasteiger charge is -2.01. The van der Waals surface area contributed by atoms with Gasteiger partial charge in [-0.15, -0.1) is 0 Å². The van der Waals surface area contributed by atoms with Crippen LogP contribution in [0.2, 0.25) is 0 Å². The number of nitrogens with zero attached hydrogens (tertiary/aromatic N) is 5. The van der Waals surface area contributed by atoms with Gasteiger partial charge in [-0.3, -0.25) is 9.36 Å². The fourth-order valence-electron chi connectivity index (χ4n) is 2.91. The Labute approximate surface area is 158 Å². The second-order valence-electron chi connectivity index (χ2n) is 6.43. The Morgan fingerprint density at radius 1 is 0.852 bits per heavy atom. The monoisotopic (exact) mass is 353 g/mol. The maximum atomic E-state index is 4.62. The van der Waals surface area contributed by atoms with Crippen molar-refractivity contribution in [2.45, 2.75) is 6.92 Å². The van der Waals surface area contributed by atoms with Crippen LogP contribution in [0.5, 0.6) is 0 Å². The number of pyridine rings is 1. The van der Waals surface area contributed by atoms with Crippen molar-refractivity contribution in [1.82, 2.24) is 24.5 Å². The molecule has 0 fully saturated rings. The number of rotatable bonds is 2. The zero-order valence-corrected chi connectivity index (χ0v) is 15.5. The Morgan fingerprint density at radius 2 is 1.67 bits per heavy atom. The Kier molecular flexibility index (Phi) is 4.31. The van der Waals surface area contributed by atoms with Crippen LogP contribution in [0.15, 0.2) is 60.9 Å². The summed E-state index contributed by atoms with van der Waals surface area (Å²) in [5.74, 6) is 6.28. The van der Waals surface area contributed by atoms with Gasteiger partial charge in [-0.1, -0.05) is 24.1 Å². The zero-order chi connectivity index (χ0) is 18.8. The predicted molar refractivity (Wildman–Crippen MR) is 106 cm³/mol. The lowest BCUT2D eigenvalue weighted by molar-refractivity contribution is 0.767. The van der Waals surface area contributed by atoms with Gasteiger partial charge in [0.15, 0.2) is 0 Å². The van der Waals surface area contributed by atoms with Crippen LogP contribution in [0.3, 0.4) is 0 Å². The van der Waals surface area contributed by atoms with Gasteiger partial charge in [-0.05, 0) is 43.2 Å². The van der Waals surface area contributed by atoms with Gasteiger partial charge in [-0.25, -0.2) is 4.98 Å². The fourth-order valence-corrected chi connectivity index (χ4v) is 2.91. The molecule has 0 aliphatic rings. The topological polar surface area (TPSA) is 48.5 Å². The number of hydrogen-bond acceptors (Lipinski definition) is 3. The van der Waals surface area contributed by atoms with Crippen molar-refractivity contribution in [2.75, 3.05) is 0 Å². The summed E-state index contributed by atoms with van der Waals surface area (Å²) in [5.41, 5.74) is 6.57. The van der Waals surface area contributed by atoms with Crippen LogP contribution in [0.25, 0.3) is 22.5 Å². The Bertz CT molecular complexity index is 1150. The number of hydrogen-bond donors (Lipinski definition) is 0. The lowest BCUT2D eigenvalue weighted by Crippen LogP contribution is -1.89. The van der Waals surface area contributed by atoms with Crippen LogP contribution < -0.4 is 0 Å². The highest BCUT2D eigenvalue weighted by Crippen LogP contribution is 2.29. The van der Waals surface area contributed by atoms with Crippen LogP contribution in [0.4, 0.5) is 0 Å². The lowest BCUT2D eigenvalue weighted by atomic mass is 10.0. The molecule has 5 heteroatoms. The highest BCUT2D eigenvalue weighted by atomic mass is 15.3. The Hall–Kier alpha value is -3.65. The quantitative estimate of drug-likeness (QED) is 0.518. The molecule has 4 aromatic rings. The van der Waals surface area contributed by atoms with E-state index in [1.54, 1.807) is 4.68 Å². The second kappa shape index (κ2) is 6.93. The van der Waals surface area contributed by atoms with Crippen molar-refractivity contribution in [2.24, 2.45) is 14.1 Å². The van der Waals surface area contributed by atoms with Gasteiger partial charge in [-0.2, -0.15) is 10.2 Å². The van der Waals surface area contributed by atoms with Crippen molar-refractivity contribution in [3.63, 3.8) is 0 Å². The van der Waals surface area contributed by atoms with E-state index in [1.165, 1.54) is 0 Å². The van der Waals surface area contributed by atoms with E-state index in [-0.39, 0.29) is 0 Å². The third-order valence-electron chi connectivity index (χ3n) is 4.20. The SMILES string of the molecule is Cc1cccc(C#Cc2ccc(-c3nn(C)cc3-c3ccn(C)n3)cc2)n1. The molecule has 0 bridgehead atoms. The molecule has 3 aromatic heterocycles. The molecule has 0 aliphatic heterocycles. The molecular weight excluding hydrogens is 334 g/mol. The van der Waals surface area contributed by atoms with E-state index < -0.39 is 0 Å². The van der Waals surface area contributed by atoms with E-state index in [9.17, 15) is 0 Å². The van der Waals surface area contributed by atoms with Crippen LogP contribution in [-0.4, -0.2) is 24.5 Å². The van der Waals surface area contributed by atoms with Gasteiger partial charge < -0.3 is 0 Å². The smallest absolute Gasteiger partial charge is 0.113 e. The van der Waals surface area contributed by atoms with Crippen molar-refractivity contribution < 1.29 is 0 Å². The van der Waals surface area contributed by atoms with Gasteiger partial charge in [0.05, 0.1) is 5.69 Å². The first-order valence-electron chi connectivity index (χ1n) is 8.68. The van der Waals surface area contributed by atoms with Gasteiger partial charge in [0.2, 0.25) is 0 Å². The maximum absolute atomic E-state index is 4.62. The van der Waals surface area contributed by atoms with E-state index in [4.69, 9.17) is 0 Å². The summed E-state index contributed by atoms with van der Waals surface area (Å²) in [6.07, 6.45) is 3.93. The molecule has 0 saturated carbocycles. The van der Waals surface area contributed by atoms with Crippen molar-refractivity contribution in [1.29, 1.82) is 0 Å². The summed E-state index contributed by atoms with van der Waals surface area (Å²) in [5, 5.41) is 9.12. The largest absolute Gasteiger partial charge is 0.275 e. The summed E-state index contributed by atoms with van der Waals surface area (Å²) in [6.45, 7) is 1.96. The molecule has 3 heterocycles. The summed E-state index contributed by atoms with van der Waals surface area (Å²) >= 11 is 0. The zero-order valence-electron chi connectivity index (χ0n) is 15.5. The van der Waals surface area contributed by atoms with E-state index in [1.807, 2.05) is 86.6 Å². The van der Waals surface area contributed by atoms with Gasteiger partial charge >= 0.3 is 0 Å². The maximum Gasteiger partial charge on any atom is 0.113 e. The molecule has 27 heavy (non-hydrogen) atoms. The van der Waals surface area contributed by atoms with E-state index in [0.29, 0.717) is 0 Å². The summed E-state index contributed by atoms with van der Waals surface area (Å²) < 4.78 is 3.61. The van der Waals surface area contributed by atoms with Gasteiger partial charge in [0.25, 0.3) is 0 Å². The molecular formula is C22H19N5. The van der Waals surface area contributed by atoms with Crippen molar-refractivity contribution in [3.05, 3.63) is 77.9 Å². The highest BCUT2D eigenvalue weighted by Gasteiger charge is 2.14. The van der Waals surface area contributed by atoms with Crippen LogP contribution in [0.1, 0.15) is 17.0 Å². The predicted octanol–water partition coefficient (Wildman–Crippen LogP) is 3.59. The molecule has 4 rings (SSSR count). The van der Waals surface area contributed by atoms with Crippen LogP contribution in [-0.2, 0) is 14.1 Å². The Morgan fingerprint density at radius 3 is 2.37 bits per heavy atom. The van der Waals surface area contributed by atoms with Gasteiger partial charge in [0.1, 0.15) is 11.4 Å². The van der Waals surface area contributed by atoms with Crippen molar-refractivity contribution in [3.8, 4) is 34.4 Å². The van der Waals surface area contributed by atoms with Crippen LogP contribution >= 0.6 is 0 Å². The van der Waals surface area contributed by atoms with Gasteiger partial charge in [0, 0.05) is 48.9 Å².